The fraction of sp³-hybridized carbons (Fsp3) is 0.333. The number of aryl methyl sites for hydroxylation is 3. The lowest BCUT2D eigenvalue weighted by Crippen LogP contribution is -2.22. The van der Waals surface area contributed by atoms with Gasteiger partial charge in [-0.15, -0.1) is 0 Å². The number of anilines is 2. The van der Waals surface area contributed by atoms with Crippen molar-refractivity contribution in [2.24, 2.45) is 0 Å². The van der Waals surface area contributed by atoms with E-state index < -0.39 is 0 Å². The number of aromatic nitrogens is 2. The van der Waals surface area contributed by atoms with Crippen molar-refractivity contribution in [1.82, 2.24) is 9.38 Å². The van der Waals surface area contributed by atoms with Crippen LogP contribution in [-0.2, 0) is 0 Å². The summed E-state index contributed by atoms with van der Waals surface area (Å²) < 4.78 is 2.77. The number of amides is 1. The van der Waals surface area contributed by atoms with Crippen molar-refractivity contribution in [1.29, 1.82) is 0 Å². The van der Waals surface area contributed by atoms with Gasteiger partial charge in [-0.3, -0.25) is 9.20 Å². The highest BCUT2D eigenvalue weighted by Crippen LogP contribution is 2.25. The number of imidazole rings is 1. The monoisotopic (exact) mass is 428 g/mol. The molecule has 27 heavy (non-hydrogen) atoms. The molecule has 0 bridgehead atoms. The second-order valence-corrected chi connectivity index (χ2v) is 7.62. The molecule has 3 aromatic rings. The highest BCUT2D eigenvalue weighted by atomic mass is 79.9. The number of rotatable bonds is 5. The number of hydrogen-bond acceptors (Lipinski definition) is 3. The van der Waals surface area contributed by atoms with Gasteiger partial charge in [0.25, 0.3) is 5.91 Å². The van der Waals surface area contributed by atoms with E-state index in [0.29, 0.717) is 11.4 Å². The lowest BCUT2D eigenvalue weighted by atomic mass is 10.1. The Labute approximate surface area is 168 Å². The molecular formula is C21H25BrN4O. The van der Waals surface area contributed by atoms with E-state index in [9.17, 15) is 4.79 Å². The van der Waals surface area contributed by atoms with Crippen molar-refractivity contribution in [2.75, 3.05) is 23.3 Å². The summed E-state index contributed by atoms with van der Waals surface area (Å²) in [6.07, 6.45) is 1.88. The predicted octanol–water partition coefficient (Wildman–Crippen LogP) is 5.12. The summed E-state index contributed by atoms with van der Waals surface area (Å²) in [5, 5.41) is 3.05. The molecule has 0 aliphatic rings. The number of nitrogens with zero attached hydrogens (tertiary/aromatic N) is 3. The Morgan fingerprint density at radius 2 is 1.85 bits per heavy atom. The van der Waals surface area contributed by atoms with E-state index in [0.717, 1.165) is 40.0 Å². The fourth-order valence-electron chi connectivity index (χ4n) is 3.41. The molecule has 0 unspecified atom stereocenters. The molecule has 5 nitrogen and oxygen atoms in total. The minimum absolute atomic E-state index is 0.156. The van der Waals surface area contributed by atoms with Crippen LogP contribution in [0.25, 0.3) is 5.65 Å². The number of fused-ring (bicyclic) bond motifs is 1. The summed E-state index contributed by atoms with van der Waals surface area (Å²) in [6.45, 7) is 12.1. The summed E-state index contributed by atoms with van der Waals surface area (Å²) >= 11 is 3.50. The Hall–Kier alpha value is -2.34. The predicted molar refractivity (Wildman–Crippen MR) is 115 cm³/mol. The molecule has 142 valence electrons. The van der Waals surface area contributed by atoms with Gasteiger partial charge in [-0.2, -0.15) is 0 Å². The van der Waals surface area contributed by atoms with Gasteiger partial charge in [-0.25, -0.2) is 4.98 Å². The second kappa shape index (κ2) is 7.72. The van der Waals surface area contributed by atoms with E-state index in [1.54, 1.807) is 0 Å². The maximum atomic E-state index is 13.0. The average Bonchev–Trinajstić information content (AvgIpc) is 2.94. The van der Waals surface area contributed by atoms with Crippen LogP contribution in [0.1, 0.15) is 41.2 Å². The molecular weight excluding hydrogens is 404 g/mol. The van der Waals surface area contributed by atoms with Gasteiger partial charge >= 0.3 is 0 Å². The van der Waals surface area contributed by atoms with Crippen molar-refractivity contribution in [3.05, 3.63) is 57.4 Å². The Morgan fingerprint density at radius 3 is 2.48 bits per heavy atom. The SMILES string of the molecule is CCN(CC)c1ccc(NC(=O)c2c(C)nc3c(C)cc(Br)cn23)c(C)c1. The summed E-state index contributed by atoms with van der Waals surface area (Å²) in [6, 6.07) is 8.14. The lowest BCUT2D eigenvalue weighted by molar-refractivity contribution is 0.102. The van der Waals surface area contributed by atoms with Gasteiger partial charge in [0.1, 0.15) is 11.3 Å². The van der Waals surface area contributed by atoms with E-state index in [-0.39, 0.29) is 5.91 Å². The number of hydrogen-bond donors (Lipinski definition) is 1. The minimum atomic E-state index is -0.156. The maximum Gasteiger partial charge on any atom is 0.274 e. The molecule has 0 radical (unpaired) electrons. The third kappa shape index (κ3) is 3.72. The van der Waals surface area contributed by atoms with Crippen molar-refractivity contribution in [2.45, 2.75) is 34.6 Å². The van der Waals surface area contributed by atoms with Gasteiger partial charge in [0.05, 0.1) is 5.69 Å². The first kappa shape index (κ1) is 19.4. The number of carbonyl (C=O) groups excluding carboxylic acids is 1. The number of halogens is 1. The molecule has 1 amide bonds. The van der Waals surface area contributed by atoms with E-state index >= 15 is 0 Å². The topological polar surface area (TPSA) is 49.6 Å². The molecule has 1 N–H and O–H groups in total. The smallest absolute Gasteiger partial charge is 0.274 e. The van der Waals surface area contributed by atoms with Crippen LogP contribution in [0.4, 0.5) is 11.4 Å². The number of benzene rings is 1. The van der Waals surface area contributed by atoms with Gasteiger partial charge in [-0.05, 0) is 85.9 Å². The molecule has 0 saturated heterocycles. The Bertz CT molecular complexity index is 1010. The van der Waals surface area contributed by atoms with Crippen LogP contribution >= 0.6 is 15.9 Å². The van der Waals surface area contributed by atoms with Crippen LogP contribution in [0.5, 0.6) is 0 Å². The van der Waals surface area contributed by atoms with Crippen LogP contribution in [0, 0.1) is 20.8 Å². The Kier molecular flexibility index (Phi) is 5.56. The van der Waals surface area contributed by atoms with Crippen molar-refractivity contribution >= 4 is 38.9 Å². The van der Waals surface area contributed by atoms with Gasteiger partial charge in [0.2, 0.25) is 0 Å². The summed E-state index contributed by atoms with van der Waals surface area (Å²) in [4.78, 5) is 19.9. The largest absolute Gasteiger partial charge is 0.372 e. The summed E-state index contributed by atoms with van der Waals surface area (Å²) in [7, 11) is 0. The molecule has 2 aromatic heterocycles. The first-order valence-electron chi connectivity index (χ1n) is 9.17. The van der Waals surface area contributed by atoms with E-state index in [4.69, 9.17) is 0 Å². The molecule has 0 atom stereocenters. The van der Waals surface area contributed by atoms with Crippen LogP contribution in [0.15, 0.2) is 34.9 Å². The molecule has 0 aliphatic heterocycles. The lowest BCUT2D eigenvalue weighted by Gasteiger charge is -2.22. The quantitative estimate of drug-likeness (QED) is 0.613. The molecule has 0 fully saturated rings. The molecule has 0 spiro atoms. The zero-order chi connectivity index (χ0) is 19.7. The van der Waals surface area contributed by atoms with Crippen LogP contribution < -0.4 is 10.2 Å². The van der Waals surface area contributed by atoms with Gasteiger partial charge in [0.15, 0.2) is 0 Å². The summed E-state index contributed by atoms with van der Waals surface area (Å²) in [5.74, 6) is -0.156. The zero-order valence-corrected chi connectivity index (χ0v) is 18.0. The number of carbonyl (C=O) groups is 1. The molecule has 1 aromatic carbocycles. The first-order chi connectivity index (χ1) is 12.8. The third-order valence-electron chi connectivity index (χ3n) is 4.85. The molecule has 0 aliphatic carbocycles. The Morgan fingerprint density at radius 1 is 1.15 bits per heavy atom. The van der Waals surface area contributed by atoms with Crippen molar-refractivity contribution in [3.8, 4) is 0 Å². The minimum Gasteiger partial charge on any atom is -0.372 e. The van der Waals surface area contributed by atoms with Crippen molar-refractivity contribution in [3.63, 3.8) is 0 Å². The molecule has 0 saturated carbocycles. The Balaban J connectivity index is 1.95. The van der Waals surface area contributed by atoms with Crippen molar-refractivity contribution < 1.29 is 4.79 Å². The molecule has 3 rings (SSSR count). The number of pyridine rings is 1. The fourth-order valence-corrected chi connectivity index (χ4v) is 3.96. The standard InChI is InChI=1S/C21H25BrN4O/c1-6-25(7-2)17-8-9-18(13(3)11-17)24-21(27)19-15(5)23-20-14(4)10-16(22)12-26(19)20/h8-12H,6-7H2,1-5H3,(H,24,27). The summed E-state index contributed by atoms with van der Waals surface area (Å²) in [5.41, 5.74) is 6.11. The first-order valence-corrected chi connectivity index (χ1v) is 9.96. The number of nitrogens with one attached hydrogen (secondary N) is 1. The van der Waals surface area contributed by atoms with Gasteiger partial charge < -0.3 is 10.2 Å². The van der Waals surface area contributed by atoms with Gasteiger partial charge in [0, 0.05) is 35.1 Å². The highest BCUT2D eigenvalue weighted by molar-refractivity contribution is 9.10. The molecule has 6 heteroatoms. The van der Waals surface area contributed by atoms with Crippen LogP contribution in [0.3, 0.4) is 0 Å². The average molecular weight is 429 g/mol. The zero-order valence-electron chi connectivity index (χ0n) is 16.4. The van der Waals surface area contributed by atoms with E-state index in [1.165, 1.54) is 5.69 Å². The van der Waals surface area contributed by atoms with Crippen LogP contribution in [-0.4, -0.2) is 28.4 Å². The molecule has 2 heterocycles. The van der Waals surface area contributed by atoms with E-state index in [1.807, 2.05) is 43.5 Å². The highest BCUT2D eigenvalue weighted by Gasteiger charge is 2.19. The van der Waals surface area contributed by atoms with Crippen LogP contribution in [0.2, 0.25) is 0 Å². The van der Waals surface area contributed by atoms with E-state index in [2.05, 4.69) is 57.1 Å². The third-order valence-corrected chi connectivity index (χ3v) is 5.28. The maximum absolute atomic E-state index is 13.0. The second-order valence-electron chi connectivity index (χ2n) is 6.71. The normalized spacial score (nSPS) is 11.0. The van der Waals surface area contributed by atoms with Gasteiger partial charge in [-0.1, -0.05) is 0 Å².